The SMILES string of the molecule is Cc1cc(-c2cccc(C(F)(F)F)n2)cc(C(F)(F)F)c1. The summed E-state index contributed by atoms with van der Waals surface area (Å²) in [7, 11) is 0. The van der Waals surface area contributed by atoms with Crippen LogP contribution in [0.25, 0.3) is 11.3 Å². The summed E-state index contributed by atoms with van der Waals surface area (Å²) in [6.07, 6.45) is -9.21. The summed E-state index contributed by atoms with van der Waals surface area (Å²) < 4.78 is 76.0. The summed E-state index contributed by atoms with van der Waals surface area (Å²) in [6.45, 7) is 1.44. The molecule has 0 N–H and O–H groups in total. The third-order valence-corrected chi connectivity index (χ3v) is 2.74. The van der Waals surface area contributed by atoms with E-state index >= 15 is 0 Å². The number of rotatable bonds is 1. The first-order valence-corrected chi connectivity index (χ1v) is 5.81. The molecule has 0 bridgehead atoms. The highest BCUT2D eigenvalue weighted by Crippen LogP contribution is 2.34. The summed E-state index contributed by atoms with van der Waals surface area (Å²) in [5.41, 5.74) is -1.93. The van der Waals surface area contributed by atoms with Crippen molar-refractivity contribution in [1.29, 1.82) is 0 Å². The molecule has 7 heteroatoms. The van der Waals surface area contributed by atoms with Crippen LogP contribution in [0.2, 0.25) is 0 Å². The lowest BCUT2D eigenvalue weighted by Crippen LogP contribution is -2.08. The summed E-state index contributed by atoms with van der Waals surface area (Å²) in [5, 5.41) is 0. The Hall–Kier alpha value is -2.05. The number of halogens is 6. The van der Waals surface area contributed by atoms with Crippen LogP contribution < -0.4 is 0 Å². The number of hydrogen-bond acceptors (Lipinski definition) is 1. The topological polar surface area (TPSA) is 12.9 Å². The van der Waals surface area contributed by atoms with Crippen LogP contribution in [0.4, 0.5) is 26.3 Å². The van der Waals surface area contributed by atoms with Crippen molar-refractivity contribution in [2.45, 2.75) is 19.3 Å². The number of aromatic nitrogens is 1. The van der Waals surface area contributed by atoms with Gasteiger partial charge in [0, 0.05) is 5.56 Å². The molecule has 112 valence electrons. The molecule has 0 fully saturated rings. The van der Waals surface area contributed by atoms with Gasteiger partial charge in [-0.2, -0.15) is 26.3 Å². The third-order valence-electron chi connectivity index (χ3n) is 2.74. The molecule has 0 aliphatic rings. The number of nitrogens with zero attached hydrogens (tertiary/aromatic N) is 1. The molecule has 1 nitrogen and oxygen atoms in total. The van der Waals surface area contributed by atoms with Crippen molar-refractivity contribution in [3.8, 4) is 11.3 Å². The second-order valence-corrected chi connectivity index (χ2v) is 4.49. The molecule has 0 amide bonds. The van der Waals surface area contributed by atoms with Crippen molar-refractivity contribution in [2.75, 3.05) is 0 Å². The van der Waals surface area contributed by atoms with Crippen LogP contribution in [0.3, 0.4) is 0 Å². The predicted octanol–water partition coefficient (Wildman–Crippen LogP) is 5.09. The standard InChI is InChI=1S/C14H9F6N/c1-8-5-9(7-10(6-8)13(15,16)17)11-3-2-4-12(21-11)14(18,19)20/h2-7H,1H3. The molecule has 21 heavy (non-hydrogen) atoms. The first kappa shape index (κ1) is 15.3. The molecule has 0 radical (unpaired) electrons. The molecular formula is C14H9F6N. The van der Waals surface area contributed by atoms with Crippen LogP contribution >= 0.6 is 0 Å². The van der Waals surface area contributed by atoms with Crippen molar-refractivity contribution in [3.05, 3.63) is 53.2 Å². The van der Waals surface area contributed by atoms with E-state index in [0.29, 0.717) is 5.56 Å². The van der Waals surface area contributed by atoms with E-state index in [1.165, 1.54) is 19.1 Å². The number of benzene rings is 1. The molecule has 1 aromatic carbocycles. The smallest absolute Gasteiger partial charge is 0.243 e. The van der Waals surface area contributed by atoms with E-state index in [-0.39, 0.29) is 11.3 Å². The van der Waals surface area contributed by atoms with Crippen LogP contribution in [0.5, 0.6) is 0 Å². The van der Waals surface area contributed by atoms with Crippen LogP contribution in [0, 0.1) is 6.92 Å². The zero-order chi connectivity index (χ0) is 15.8. The second kappa shape index (κ2) is 5.05. The summed E-state index contributed by atoms with van der Waals surface area (Å²) in [5.74, 6) is 0. The average Bonchev–Trinajstić information content (AvgIpc) is 2.36. The second-order valence-electron chi connectivity index (χ2n) is 4.49. The van der Waals surface area contributed by atoms with Gasteiger partial charge in [0.1, 0.15) is 5.69 Å². The van der Waals surface area contributed by atoms with Gasteiger partial charge in [-0.1, -0.05) is 6.07 Å². The highest BCUT2D eigenvalue weighted by molar-refractivity contribution is 5.61. The van der Waals surface area contributed by atoms with Gasteiger partial charge in [-0.25, -0.2) is 4.98 Å². The van der Waals surface area contributed by atoms with Crippen molar-refractivity contribution in [3.63, 3.8) is 0 Å². The van der Waals surface area contributed by atoms with Crippen molar-refractivity contribution in [1.82, 2.24) is 4.98 Å². The minimum absolute atomic E-state index is 0.00609. The van der Waals surface area contributed by atoms with E-state index in [4.69, 9.17) is 0 Å². The van der Waals surface area contributed by atoms with E-state index < -0.39 is 23.6 Å². The molecular weight excluding hydrogens is 296 g/mol. The van der Waals surface area contributed by atoms with Gasteiger partial charge in [-0.3, -0.25) is 0 Å². The maximum atomic E-state index is 12.7. The minimum atomic E-state index is -4.65. The number of hydrogen-bond donors (Lipinski definition) is 0. The van der Waals surface area contributed by atoms with E-state index in [1.807, 2.05) is 0 Å². The Labute approximate surface area is 116 Å². The fraction of sp³-hybridized carbons (Fsp3) is 0.214. The third kappa shape index (κ3) is 3.53. The van der Waals surface area contributed by atoms with Gasteiger partial charge in [0.2, 0.25) is 0 Å². The van der Waals surface area contributed by atoms with E-state index in [1.54, 1.807) is 0 Å². The molecule has 0 atom stereocenters. The maximum Gasteiger partial charge on any atom is 0.433 e. The molecule has 0 aliphatic carbocycles. The Kier molecular flexibility index (Phi) is 3.69. The van der Waals surface area contributed by atoms with Gasteiger partial charge in [0.15, 0.2) is 0 Å². The Balaban J connectivity index is 2.55. The molecule has 0 unspecified atom stereocenters. The van der Waals surface area contributed by atoms with Crippen LogP contribution in [-0.4, -0.2) is 4.98 Å². The van der Waals surface area contributed by atoms with Gasteiger partial charge < -0.3 is 0 Å². The summed E-state index contributed by atoms with van der Waals surface area (Å²) in [4.78, 5) is 3.39. The highest BCUT2D eigenvalue weighted by atomic mass is 19.4. The first-order valence-electron chi connectivity index (χ1n) is 5.81. The Bertz CT molecular complexity index is 657. The molecule has 2 rings (SSSR count). The van der Waals surface area contributed by atoms with Crippen LogP contribution in [0.15, 0.2) is 36.4 Å². The van der Waals surface area contributed by atoms with Gasteiger partial charge >= 0.3 is 12.4 Å². The van der Waals surface area contributed by atoms with Gasteiger partial charge in [-0.15, -0.1) is 0 Å². The Morgan fingerprint density at radius 1 is 0.857 bits per heavy atom. The molecule has 1 heterocycles. The molecule has 2 aromatic rings. The largest absolute Gasteiger partial charge is 0.433 e. The summed E-state index contributed by atoms with van der Waals surface area (Å²) in [6, 6.07) is 6.19. The quantitative estimate of drug-likeness (QED) is 0.668. The summed E-state index contributed by atoms with van der Waals surface area (Å²) >= 11 is 0. The minimum Gasteiger partial charge on any atom is -0.243 e. The van der Waals surface area contributed by atoms with Gasteiger partial charge in [0.25, 0.3) is 0 Å². The lowest BCUT2D eigenvalue weighted by Gasteiger charge is -2.12. The average molecular weight is 305 g/mol. The number of aryl methyl sites for hydroxylation is 1. The molecule has 0 spiro atoms. The van der Waals surface area contributed by atoms with Crippen LogP contribution in [0.1, 0.15) is 16.8 Å². The normalized spacial score (nSPS) is 12.5. The predicted molar refractivity (Wildman–Crippen MR) is 64.4 cm³/mol. The highest BCUT2D eigenvalue weighted by Gasteiger charge is 2.33. The van der Waals surface area contributed by atoms with Crippen molar-refractivity contribution >= 4 is 0 Å². The van der Waals surface area contributed by atoms with Crippen molar-refractivity contribution < 1.29 is 26.3 Å². The number of pyridine rings is 1. The lowest BCUT2D eigenvalue weighted by atomic mass is 10.0. The monoisotopic (exact) mass is 305 g/mol. The molecule has 0 saturated heterocycles. The fourth-order valence-corrected chi connectivity index (χ4v) is 1.85. The van der Waals surface area contributed by atoms with E-state index in [0.717, 1.165) is 24.3 Å². The zero-order valence-electron chi connectivity index (χ0n) is 10.7. The van der Waals surface area contributed by atoms with Gasteiger partial charge in [-0.05, 0) is 42.8 Å². The zero-order valence-corrected chi connectivity index (χ0v) is 10.7. The van der Waals surface area contributed by atoms with E-state index in [2.05, 4.69) is 4.98 Å². The van der Waals surface area contributed by atoms with Crippen molar-refractivity contribution in [2.24, 2.45) is 0 Å². The first-order chi connectivity index (χ1) is 9.57. The Morgan fingerprint density at radius 2 is 1.52 bits per heavy atom. The molecule has 0 aliphatic heterocycles. The Morgan fingerprint density at radius 3 is 2.10 bits per heavy atom. The number of alkyl halides is 6. The van der Waals surface area contributed by atoms with Gasteiger partial charge in [0.05, 0.1) is 11.3 Å². The lowest BCUT2D eigenvalue weighted by molar-refractivity contribution is -0.141. The molecule has 1 aromatic heterocycles. The maximum absolute atomic E-state index is 12.7. The molecule has 0 saturated carbocycles. The fourth-order valence-electron chi connectivity index (χ4n) is 1.85. The van der Waals surface area contributed by atoms with E-state index in [9.17, 15) is 26.3 Å². The van der Waals surface area contributed by atoms with Crippen LogP contribution in [-0.2, 0) is 12.4 Å².